The predicted octanol–water partition coefficient (Wildman–Crippen LogP) is 1.54. The molecule has 15 heavy (non-hydrogen) atoms. The Labute approximate surface area is 100.0 Å². The van der Waals surface area contributed by atoms with Gasteiger partial charge in [0, 0.05) is 26.7 Å². The predicted molar refractivity (Wildman–Crippen MR) is 62.9 cm³/mol. The van der Waals surface area contributed by atoms with Crippen LogP contribution in [0.5, 0.6) is 0 Å². The summed E-state index contributed by atoms with van der Waals surface area (Å²) in [6.45, 7) is 2.96. The van der Waals surface area contributed by atoms with Crippen LogP contribution >= 0.6 is 23.4 Å². The molecule has 0 aromatic rings. The number of amidine groups is 1. The lowest BCUT2D eigenvalue weighted by Gasteiger charge is -2.32. The highest BCUT2D eigenvalue weighted by atomic mass is 35.5. The Morgan fingerprint density at radius 3 is 2.67 bits per heavy atom. The summed E-state index contributed by atoms with van der Waals surface area (Å²) >= 11 is 11.6. The van der Waals surface area contributed by atoms with Crippen molar-refractivity contribution in [2.45, 2.75) is 13.3 Å². The summed E-state index contributed by atoms with van der Waals surface area (Å²) in [6, 6.07) is 0. The minimum absolute atomic E-state index is 0.443. The fourth-order valence-corrected chi connectivity index (χ4v) is 1.62. The normalized spacial score (nSPS) is 16.0. The fourth-order valence-electron chi connectivity index (χ4n) is 1.23. The van der Waals surface area contributed by atoms with Gasteiger partial charge in [-0.05, 0) is 6.42 Å². The van der Waals surface area contributed by atoms with Crippen molar-refractivity contribution in [2.24, 2.45) is 5.10 Å². The van der Waals surface area contributed by atoms with Crippen LogP contribution in [0.1, 0.15) is 13.3 Å². The van der Waals surface area contributed by atoms with Gasteiger partial charge < -0.3 is 0 Å². The van der Waals surface area contributed by atoms with E-state index in [1.165, 1.54) is 0 Å². The van der Waals surface area contributed by atoms with Crippen LogP contribution in [0, 0.1) is 0 Å². The minimum Gasteiger partial charge on any atom is -0.288 e. The number of halogens is 2. The van der Waals surface area contributed by atoms with Crippen LogP contribution in [0.4, 0.5) is 0 Å². The molecule has 0 fully saturated rings. The van der Waals surface area contributed by atoms with Crippen molar-refractivity contribution in [3.8, 4) is 0 Å². The molecule has 86 valence electrons. The number of nitrogens with one attached hydrogen (secondary N) is 1. The Hall–Kier alpha value is -0.650. The first kappa shape index (κ1) is 12.4. The van der Waals surface area contributed by atoms with E-state index >= 15 is 0 Å². The zero-order valence-electron chi connectivity index (χ0n) is 9.04. The van der Waals surface area contributed by atoms with Gasteiger partial charge in [0.2, 0.25) is 0 Å². The maximum absolute atomic E-state index is 5.85. The highest BCUT2D eigenvalue weighted by Gasteiger charge is 2.17. The molecule has 1 rings (SSSR count). The first-order valence-electron chi connectivity index (χ1n) is 4.67. The third-order valence-electron chi connectivity index (χ3n) is 1.83. The molecule has 0 aromatic carbocycles. The van der Waals surface area contributed by atoms with E-state index in [1.807, 2.05) is 24.1 Å². The minimum atomic E-state index is 0.443. The van der Waals surface area contributed by atoms with Crippen molar-refractivity contribution in [3.05, 3.63) is 11.2 Å². The van der Waals surface area contributed by atoms with Gasteiger partial charge in [0.1, 0.15) is 5.16 Å². The van der Waals surface area contributed by atoms with Crippen molar-refractivity contribution in [1.29, 1.82) is 0 Å². The summed E-state index contributed by atoms with van der Waals surface area (Å²) in [4.78, 5) is 0. The number of hydrazine groups is 2. The van der Waals surface area contributed by atoms with Crippen molar-refractivity contribution in [3.63, 3.8) is 0 Å². The maximum Gasteiger partial charge on any atom is 0.169 e. The van der Waals surface area contributed by atoms with Gasteiger partial charge in [-0.3, -0.25) is 10.4 Å². The molecule has 0 aliphatic carbocycles. The van der Waals surface area contributed by atoms with Crippen molar-refractivity contribution in [1.82, 2.24) is 20.1 Å². The van der Waals surface area contributed by atoms with Crippen molar-refractivity contribution >= 4 is 29.2 Å². The molecule has 0 unspecified atom stereocenters. The molecule has 1 heterocycles. The second-order valence-electron chi connectivity index (χ2n) is 3.29. The molecule has 5 nitrogen and oxygen atoms in total. The summed E-state index contributed by atoms with van der Waals surface area (Å²) in [5.41, 5.74) is 2.64. The molecular weight excluding hydrogens is 237 g/mol. The van der Waals surface area contributed by atoms with Gasteiger partial charge >= 0.3 is 0 Å². The average Bonchev–Trinajstić information content (AvgIpc) is 2.11. The van der Waals surface area contributed by atoms with E-state index in [4.69, 9.17) is 23.4 Å². The van der Waals surface area contributed by atoms with Gasteiger partial charge in [-0.25, -0.2) is 5.01 Å². The Morgan fingerprint density at radius 2 is 2.20 bits per heavy atom. The van der Waals surface area contributed by atoms with Gasteiger partial charge in [-0.2, -0.15) is 0 Å². The molecule has 7 heteroatoms. The molecule has 0 bridgehead atoms. The first-order valence-corrected chi connectivity index (χ1v) is 5.39. The Morgan fingerprint density at radius 1 is 1.53 bits per heavy atom. The van der Waals surface area contributed by atoms with Crippen LogP contribution in [0.3, 0.4) is 0 Å². The lowest BCUT2D eigenvalue weighted by molar-refractivity contribution is 0.108. The largest absolute Gasteiger partial charge is 0.288 e. The second-order valence-corrected chi connectivity index (χ2v) is 4.02. The topological polar surface area (TPSA) is 34.1 Å². The number of hydrazone groups is 1. The van der Waals surface area contributed by atoms with Crippen molar-refractivity contribution < 1.29 is 0 Å². The molecule has 0 saturated carbocycles. The summed E-state index contributed by atoms with van der Waals surface area (Å²) in [7, 11) is 3.89. The molecule has 0 atom stereocenters. The quantitative estimate of drug-likeness (QED) is 0.469. The van der Waals surface area contributed by atoms with Gasteiger partial charge in [-0.1, -0.05) is 18.5 Å². The molecule has 0 saturated heterocycles. The van der Waals surface area contributed by atoms with Gasteiger partial charge in [0.25, 0.3) is 0 Å². The summed E-state index contributed by atoms with van der Waals surface area (Å²) < 4.78 is 1.07. The molecule has 0 aromatic heterocycles. The number of hydrogen-bond donors (Lipinski definition) is 1. The summed E-state index contributed by atoms with van der Waals surface area (Å²) in [5, 5.41) is 8.47. The molecule has 1 N–H and O–H groups in total. The highest BCUT2D eigenvalue weighted by Crippen LogP contribution is 2.11. The lowest BCUT2D eigenvalue weighted by atomic mass is 10.4. The molecular formula is C8H15Cl2N5. The van der Waals surface area contributed by atoms with E-state index in [-0.39, 0.29) is 0 Å². The molecule has 1 aliphatic heterocycles. The summed E-state index contributed by atoms with van der Waals surface area (Å²) in [5.74, 6) is 0.709. The van der Waals surface area contributed by atoms with Crippen molar-refractivity contribution in [2.75, 3.05) is 20.6 Å². The number of rotatable bonds is 3. The average molecular weight is 252 g/mol. The SMILES string of the molecule is CCCN(C1=NN(Cl)NC(Cl)=C1)N(C)C. The third kappa shape index (κ3) is 3.44. The zero-order chi connectivity index (χ0) is 11.4. The van der Waals surface area contributed by atoms with Gasteiger partial charge in [0.05, 0.1) is 11.8 Å². The highest BCUT2D eigenvalue weighted by molar-refractivity contribution is 6.31. The van der Waals surface area contributed by atoms with E-state index in [1.54, 1.807) is 6.08 Å². The van der Waals surface area contributed by atoms with Crippen LogP contribution in [0.15, 0.2) is 16.3 Å². The number of nitrogens with zero attached hydrogens (tertiary/aromatic N) is 4. The smallest absolute Gasteiger partial charge is 0.169 e. The lowest BCUT2D eigenvalue weighted by Crippen LogP contribution is -2.44. The van der Waals surface area contributed by atoms with E-state index in [0.717, 1.165) is 17.6 Å². The van der Waals surface area contributed by atoms with Crippen LogP contribution < -0.4 is 5.43 Å². The third-order valence-corrected chi connectivity index (χ3v) is 2.18. The van der Waals surface area contributed by atoms with E-state index < -0.39 is 0 Å². The van der Waals surface area contributed by atoms with E-state index in [2.05, 4.69) is 17.5 Å². The Balaban J connectivity index is 2.83. The van der Waals surface area contributed by atoms with Gasteiger partial charge in [-0.15, -0.1) is 9.74 Å². The molecule has 0 amide bonds. The summed E-state index contributed by atoms with van der Waals surface area (Å²) in [6.07, 6.45) is 2.74. The van der Waals surface area contributed by atoms with Gasteiger partial charge in [0.15, 0.2) is 5.84 Å². The first-order chi connectivity index (χ1) is 7.04. The van der Waals surface area contributed by atoms with Crippen LogP contribution in [-0.4, -0.2) is 41.1 Å². The van der Waals surface area contributed by atoms with Crippen LogP contribution in [-0.2, 0) is 0 Å². The van der Waals surface area contributed by atoms with E-state index in [0.29, 0.717) is 11.0 Å². The Bertz CT molecular complexity index is 276. The zero-order valence-corrected chi connectivity index (χ0v) is 10.5. The molecule has 1 aliphatic rings. The number of hydrogen-bond acceptors (Lipinski definition) is 5. The molecule has 0 radical (unpaired) electrons. The van der Waals surface area contributed by atoms with Crippen LogP contribution in [0.2, 0.25) is 0 Å². The Kier molecular flexibility index (Phi) is 4.50. The van der Waals surface area contributed by atoms with Crippen LogP contribution in [0.25, 0.3) is 0 Å². The second kappa shape index (κ2) is 5.44. The fraction of sp³-hybridized carbons (Fsp3) is 0.625. The standard InChI is InChI=1S/C8H15Cl2N5/c1-4-5-14(13(2)3)8-6-7(9)11-15(10)12-8/h6,11H,4-5H2,1-3H3. The maximum atomic E-state index is 5.85. The monoisotopic (exact) mass is 251 g/mol. The molecule has 0 spiro atoms. The van der Waals surface area contributed by atoms with E-state index in [9.17, 15) is 0 Å².